The zero-order valence-electron chi connectivity index (χ0n) is 11.0. The van der Waals surface area contributed by atoms with Gasteiger partial charge in [0.25, 0.3) is 0 Å². The summed E-state index contributed by atoms with van der Waals surface area (Å²) < 4.78 is 0. The van der Waals surface area contributed by atoms with E-state index in [0.717, 1.165) is 24.3 Å². The maximum absolute atomic E-state index is 11.7. The Morgan fingerprint density at radius 1 is 1.47 bits per heavy atom. The second kappa shape index (κ2) is 6.61. The maximum atomic E-state index is 11.7. The van der Waals surface area contributed by atoms with Crippen LogP contribution in [0.25, 0.3) is 0 Å². The SMILES string of the molecule is CC(C)N(C)CC(=O)NCC1(O)CCSCC1. The number of nitrogens with zero attached hydrogens (tertiary/aromatic N) is 1. The van der Waals surface area contributed by atoms with Gasteiger partial charge < -0.3 is 10.4 Å². The minimum absolute atomic E-state index is 0.00662. The van der Waals surface area contributed by atoms with Gasteiger partial charge in [-0.15, -0.1) is 0 Å². The Morgan fingerprint density at radius 2 is 2.06 bits per heavy atom. The van der Waals surface area contributed by atoms with E-state index in [1.165, 1.54) is 0 Å². The Bertz CT molecular complexity index is 253. The van der Waals surface area contributed by atoms with Gasteiger partial charge in [0, 0.05) is 12.6 Å². The van der Waals surface area contributed by atoms with Gasteiger partial charge in [0.1, 0.15) is 0 Å². The molecule has 0 aliphatic carbocycles. The van der Waals surface area contributed by atoms with E-state index in [1.54, 1.807) is 0 Å². The highest BCUT2D eigenvalue weighted by Gasteiger charge is 2.29. The van der Waals surface area contributed by atoms with Gasteiger partial charge in [-0.05, 0) is 45.2 Å². The van der Waals surface area contributed by atoms with Crippen LogP contribution in [-0.2, 0) is 4.79 Å². The number of likely N-dealkylation sites (N-methyl/N-ethyl adjacent to an activating group) is 1. The number of hydrogen-bond donors (Lipinski definition) is 2. The van der Waals surface area contributed by atoms with Crippen molar-refractivity contribution in [3.05, 3.63) is 0 Å². The van der Waals surface area contributed by atoms with E-state index in [9.17, 15) is 9.90 Å². The van der Waals surface area contributed by atoms with Crippen LogP contribution >= 0.6 is 11.8 Å². The summed E-state index contributed by atoms with van der Waals surface area (Å²) in [5, 5.41) is 13.1. The standard InChI is InChI=1S/C12H24N2O2S/c1-10(2)14(3)8-11(15)13-9-12(16)4-6-17-7-5-12/h10,16H,4-9H2,1-3H3,(H,13,15). The van der Waals surface area contributed by atoms with E-state index < -0.39 is 5.60 Å². The fraction of sp³-hybridized carbons (Fsp3) is 0.917. The zero-order chi connectivity index (χ0) is 12.9. The van der Waals surface area contributed by atoms with Crippen LogP contribution in [0.1, 0.15) is 26.7 Å². The van der Waals surface area contributed by atoms with Crippen LogP contribution < -0.4 is 5.32 Å². The fourth-order valence-electron chi connectivity index (χ4n) is 1.66. The lowest BCUT2D eigenvalue weighted by molar-refractivity contribution is -0.123. The first kappa shape index (κ1) is 14.8. The molecule has 1 saturated heterocycles. The largest absolute Gasteiger partial charge is 0.388 e. The molecular weight excluding hydrogens is 236 g/mol. The molecule has 0 saturated carbocycles. The highest BCUT2D eigenvalue weighted by atomic mass is 32.2. The van der Waals surface area contributed by atoms with Crippen molar-refractivity contribution in [2.24, 2.45) is 0 Å². The first-order valence-electron chi connectivity index (χ1n) is 6.20. The Balaban J connectivity index is 2.27. The van der Waals surface area contributed by atoms with Gasteiger partial charge in [-0.3, -0.25) is 9.69 Å². The minimum Gasteiger partial charge on any atom is -0.388 e. The zero-order valence-corrected chi connectivity index (χ0v) is 11.8. The molecule has 0 radical (unpaired) electrons. The molecule has 0 atom stereocenters. The molecule has 0 aromatic carbocycles. The second-order valence-corrected chi connectivity index (χ2v) is 6.35. The van der Waals surface area contributed by atoms with E-state index >= 15 is 0 Å². The third-order valence-corrected chi connectivity index (χ3v) is 4.30. The molecule has 1 rings (SSSR count). The summed E-state index contributed by atoms with van der Waals surface area (Å²) in [6.07, 6.45) is 1.55. The molecule has 2 N–H and O–H groups in total. The van der Waals surface area contributed by atoms with Gasteiger partial charge in [0.15, 0.2) is 0 Å². The molecule has 0 spiro atoms. The van der Waals surface area contributed by atoms with Crippen molar-refractivity contribution in [1.29, 1.82) is 0 Å². The van der Waals surface area contributed by atoms with Crippen LogP contribution in [0.5, 0.6) is 0 Å². The maximum Gasteiger partial charge on any atom is 0.234 e. The first-order valence-corrected chi connectivity index (χ1v) is 7.35. The second-order valence-electron chi connectivity index (χ2n) is 5.12. The van der Waals surface area contributed by atoms with Crippen molar-refractivity contribution < 1.29 is 9.90 Å². The summed E-state index contributed by atoms with van der Waals surface area (Å²) in [5.74, 6) is 1.96. The molecule has 1 aliphatic rings. The third-order valence-electron chi connectivity index (χ3n) is 3.31. The van der Waals surface area contributed by atoms with Crippen LogP contribution in [0.15, 0.2) is 0 Å². The molecule has 1 heterocycles. The topological polar surface area (TPSA) is 52.6 Å². The van der Waals surface area contributed by atoms with Crippen LogP contribution in [0.4, 0.5) is 0 Å². The third kappa shape index (κ3) is 5.27. The Labute approximate surface area is 108 Å². The predicted octanol–water partition coefficient (Wildman–Crippen LogP) is 0.701. The van der Waals surface area contributed by atoms with E-state index in [-0.39, 0.29) is 5.91 Å². The Kier molecular flexibility index (Phi) is 5.76. The normalized spacial score (nSPS) is 19.6. The summed E-state index contributed by atoms with van der Waals surface area (Å²) in [6, 6.07) is 0.356. The minimum atomic E-state index is -0.683. The Morgan fingerprint density at radius 3 is 2.59 bits per heavy atom. The van der Waals surface area contributed by atoms with Crippen LogP contribution in [0, 0.1) is 0 Å². The summed E-state index contributed by atoms with van der Waals surface area (Å²) in [4.78, 5) is 13.7. The number of carbonyl (C=O) groups excluding carboxylic acids is 1. The van der Waals surface area contributed by atoms with E-state index in [2.05, 4.69) is 19.2 Å². The highest BCUT2D eigenvalue weighted by Crippen LogP contribution is 2.26. The lowest BCUT2D eigenvalue weighted by Crippen LogP contribution is -2.48. The average Bonchev–Trinajstić information content (AvgIpc) is 2.27. The molecule has 0 aromatic rings. The summed E-state index contributed by atoms with van der Waals surface area (Å²) in [5.41, 5.74) is -0.683. The molecule has 0 bridgehead atoms. The number of thioether (sulfide) groups is 1. The quantitative estimate of drug-likeness (QED) is 0.764. The molecule has 17 heavy (non-hydrogen) atoms. The van der Waals surface area contributed by atoms with Crippen molar-refractivity contribution >= 4 is 17.7 Å². The monoisotopic (exact) mass is 260 g/mol. The molecule has 1 amide bonds. The fourth-order valence-corrected chi connectivity index (χ4v) is 2.91. The summed E-state index contributed by atoms with van der Waals surface area (Å²) >= 11 is 1.87. The molecule has 4 nitrogen and oxygen atoms in total. The van der Waals surface area contributed by atoms with Crippen molar-refractivity contribution in [2.75, 3.05) is 31.6 Å². The average molecular weight is 260 g/mol. The van der Waals surface area contributed by atoms with Gasteiger partial charge in [0.05, 0.1) is 12.1 Å². The number of amides is 1. The predicted molar refractivity (Wildman–Crippen MR) is 72.3 cm³/mol. The van der Waals surface area contributed by atoms with E-state index in [4.69, 9.17) is 0 Å². The van der Waals surface area contributed by atoms with Crippen LogP contribution in [0.2, 0.25) is 0 Å². The number of nitrogens with one attached hydrogen (secondary N) is 1. The van der Waals surface area contributed by atoms with E-state index in [1.807, 2.05) is 23.7 Å². The van der Waals surface area contributed by atoms with Crippen LogP contribution in [0.3, 0.4) is 0 Å². The molecule has 0 unspecified atom stereocenters. The van der Waals surface area contributed by atoms with Crippen molar-refractivity contribution in [1.82, 2.24) is 10.2 Å². The Hall–Kier alpha value is -0.260. The van der Waals surface area contributed by atoms with Gasteiger partial charge in [-0.1, -0.05) is 0 Å². The van der Waals surface area contributed by atoms with Crippen molar-refractivity contribution in [2.45, 2.75) is 38.3 Å². The van der Waals surface area contributed by atoms with Gasteiger partial charge >= 0.3 is 0 Å². The van der Waals surface area contributed by atoms with Crippen molar-refractivity contribution in [3.63, 3.8) is 0 Å². The lowest BCUT2D eigenvalue weighted by Gasteiger charge is -2.32. The molecule has 100 valence electrons. The van der Waals surface area contributed by atoms with E-state index in [0.29, 0.717) is 19.1 Å². The van der Waals surface area contributed by atoms with Gasteiger partial charge in [-0.2, -0.15) is 11.8 Å². The summed E-state index contributed by atoms with van der Waals surface area (Å²) in [6.45, 7) is 4.89. The lowest BCUT2D eigenvalue weighted by atomic mass is 9.97. The molecular formula is C12H24N2O2S. The number of rotatable bonds is 5. The smallest absolute Gasteiger partial charge is 0.234 e. The van der Waals surface area contributed by atoms with Gasteiger partial charge in [0.2, 0.25) is 5.91 Å². The molecule has 0 aromatic heterocycles. The molecule has 5 heteroatoms. The van der Waals surface area contributed by atoms with Crippen molar-refractivity contribution in [3.8, 4) is 0 Å². The van der Waals surface area contributed by atoms with Crippen LogP contribution in [-0.4, -0.2) is 59.2 Å². The number of carbonyl (C=O) groups is 1. The molecule has 1 aliphatic heterocycles. The van der Waals surface area contributed by atoms with Gasteiger partial charge in [-0.25, -0.2) is 0 Å². The summed E-state index contributed by atoms with van der Waals surface area (Å²) in [7, 11) is 1.93. The highest BCUT2D eigenvalue weighted by molar-refractivity contribution is 7.99. The number of hydrogen-bond acceptors (Lipinski definition) is 4. The molecule has 1 fully saturated rings. The number of aliphatic hydroxyl groups is 1. The first-order chi connectivity index (χ1) is 7.93.